The second kappa shape index (κ2) is 34.5. The Balaban J connectivity index is 1.81. The molecule has 1 aliphatic heterocycles. The van der Waals surface area contributed by atoms with E-state index in [1.807, 2.05) is 0 Å². The number of thioether (sulfide) groups is 1. The number of nitrogens with zero attached hydrogens (tertiary/aromatic N) is 2. The van der Waals surface area contributed by atoms with Crippen LogP contribution in [-0.2, 0) is 62.1 Å². The van der Waals surface area contributed by atoms with E-state index in [1.165, 1.54) is 18.7 Å². The van der Waals surface area contributed by atoms with E-state index in [1.54, 1.807) is 0 Å². The Bertz CT molecular complexity index is 1700. The van der Waals surface area contributed by atoms with Crippen LogP contribution in [0.25, 0.3) is 0 Å². The fourth-order valence-corrected chi connectivity index (χ4v) is 8.21. The smallest absolute Gasteiger partial charge is 0.326 e. The number of nitrogens with two attached hydrogens (primary N) is 3. The lowest BCUT2D eigenvalue weighted by Crippen LogP contribution is -2.58. The molecule has 12 N–H and O–H groups in total. The van der Waals surface area contributed by atoms with Crippen molar-refractivity contribution in [2.45, 2.75) is 121 Å². The van der Waals surface area contributed by atoms with Crippen molar-refractivity contribution in [2.24, 2.45) is 34.0 Å². The number of nitrogens with one attached hydrogen (secondary N) is 4. The molecule has 0 aromatic heterocycles. The first-order valence-electron chi connectivity index (χ1n) is 23.6. The number of hydrogen-bond acceptors (Lipinski definition) is 17. The summed E-state index contributed by atoms with van der Waals surface area (Å²) in [5.74, 6) is -6.18. The van der Waals surface area contributed by atoms with Gasteiger partial charge in [0.25, 0.3) is 0 Å². The van der Waals surface area contributed by atoms with Gasteiger partial charge in [-0.15, -0.1) is 0 Å². The average Bonchev–Trinajstić information content (AvgIpc) is 4.01. The average molecular weight is 1000 g/mol. The number of likely N-dealkylation sites (tertiary alicyclic amines) is 1. The van der Waals surface area contributed by atoms with E-state index < -0.39 is 78.3 Å². The number of aliphatic hydroxyl groups excluding tert-OH is 1. The number of hydrogen-bond donors (Lipinski definition) is 9. The van der Waals surface area contributed by atoms with Gasteiger partial charge in [-0.25, -0.2) is 4.79 Å². The second-order valence-corrected chi connectivity index (χ2v) is 18.0. The minimum Gasteiger partial charge on any atom is -0.480 e. The maximum absolute atomic E-state index is 14.2. The van der Waals surface area contributed by atoms with Gasteiger partial charge in [-0.2, -0.15) is 0 Å². The van der Waals surface area contributed by atoms with E-state index in [2.05, 4.69) is 26.3 Å². The van der Waals surface area contributed by atoms with Gasteiger partial charge >= 0.3 is 5.97 Å². The first kappa shape index (κ1) is 60.3. The molecule has 0 aromatic rings. The second-order valence-electron chi connectivity index (χ2n) is 16.8. The van der Waals surface area contributed by atoms with Gasteiger partial charge < -0.3 is 72.5 Å². The summed E-state index contributed by atoms with van der Waals surface area (Å²) in [5, 5.41) is 30.4. The van der Waals surface area contributed by atoms with Crippen molar-refractivity contribution < 1.29 is 72.3 Å². The summed E-state index contributed by atoms with van der Waals surface area (Å²) >= 11 is 0.924. The molecule has 2 rings (SSSR count). The number of carbonyl (C=O) groups is 9. The molecule has 7 atom stereocenters. The molecule has 1 unspecified atom stereocenters. The number of aliphatic carboxylic acids is 1. The van der Waals surface area contributed by atoms with Gasteiger partial charge in [-0.1, -0.05) is 18.2 Å². The molecule has 0 aromatic carbocycles. The third-order valence-electron chi connectivity index (χ3n) is 11.2. The van der Waals surface area contributed by atoms with E-state index in [9.17, 15) is 53.4 Å². The third kappa shape index (κ3) is 24.6. The molecule has 25 heteroatoms. The quantitative estimate of drug-likeness (QED) is 0.0182. The number of Topliss-reactive ketones (excluding diaryl/α,β-unsaturated/α-hetero) is 2. The Morgan fingerprint density at radius 3 is 2.10 bits per heavy atom. The summed E-state index contributed by atoms with van der Waals surface area (Å²) in [5.41, 5.74) is 16.4. The number of ketones is 2. The SMILES string of the molecule is CC(=O)SCC(=O)NCCOCCOCC(=O)CCCOCCOCC(=O)N[C@H](C(=O)N[C@@H](CCCCN)C(=O)N1CCC[C@H]1C(=O)C1CCC[C@H]1C(=O)N[C@@H](CCCN=C(N)N)C(=O)O)[C@@H](C)O. The van der Waals surface area contributed by atoms with Gasteiger partial charge in [0.1, 0.15) is 31.3 Å². The summed E-state index contributed by atoms with van der Waals surface area (Å²) in [6.07, 6.45) is 2.91. The number of unbranched alkanes of at least 4 members (excludes halogenated alkanes) is 1. The van der Waals surface area contributed by atoms with Crippen LogP contribution in [0.3, 0.4) is 0 Å². The zero-order chi connectivity index (χ0) is 51.1. The summed E-state index contributed by atoms with van der Waals surface area (Å²) in [4.78, 5) is 120. The van der Waals surface area contributed by atoms with Crippen molar-refractivity contribution >= 4 is 69.9 Å². The van der Waals surface area contributed by atoms with E-state index in [0.29, 0.717) is 64.3 Å². The first-order valence-corrected chi connectivity index (χ1v) is 24.6. The van der Waals surface area contributed by atoms with Crippen LogP contribution in [0.15, 0.2) is 4.99 Å². The third-order valence-corrected chi connectivity index (χ3v) is 12.1. The topological polar surface area (TPSA) is 373 Å². The zero-order valence-electron chi connectivity index (χ0n) is 40.0. The highest BCUT2D eigenvalue weighted by Gasteiger charge is 2.46. The summed E-state index contributed by atoms with van der Waals surface area (Å²) < 4.78 is 21.5. The Morgan fingerprint density at radius 2 is 1.43 bits per heavy atom. The van der Waals surface area contributed by atoms with Gasteiger partial charge in [0.05, 0.1) is 50.9 Å². The summed E-state index contributed by atoms with van der Waals surface area (Å²) in [6, 6.07) is -4.68. The number of rotatable bonds is 37. The molecule has 392 valence electrons. The molecular weight excluding hydrogens is 927 g/mol. The van der Waals surface area contributed by atoms with Crippen LogP contribution < -0.4 is 38.5 Å². The van der Waals surface area contributed by atoms with Crippen molar-refractivity contribution in [3.05, 3.63) is 0 Å². The van der Waals surface area contributed by atoms with Crippen molar-refractivity contribution in [3.63, 3.8) is 0 Å². The Morgan fingerprint density at radius 1 is 0.768 bits per heavy atom. The number of guanidine groups is 1. The van der Waals surface area contributed by atoms with Crippen LogP contribution in [0.4, 0.5) is 0 Å². The van der Waals surface area contributed by atoms with E-state index in [4.69, 9.17) is 36.1 Å². The lowest BCUT2D eigenvalue weighted by molar-refractivity contribution is -0.145. The van der Waals surface area contributed by atoms with Crippen molar-refractivity contribution in [1.29, 1.82) is 0 Å². The van der Waals surface area contributed by atoms with Crippen LogP contribution in [0, 0.1) is 11.8 Å². The Hall–Kier alpha value is -4.79. The summed E-state index contributed by atoms with van der Waals surface area (Å²) in [7, 11) is 0. The number of amides is 5. The highest BCUT2D eigenvalue weighted by Crippen LogP contribution is 2.36. The predicted octanol–water partition coefficient (Wildman–Crippen LogP) is -2.12. The lowest BCUT2D eigenvalue weighted by Gasteiger charge is -2.32. The van der Waals surface area contributed by atoms with Crippen LogP contribution in [0.1, 0.15) is 90.9 Å². The number of ether oxygens (including phenoxy) is 4. The first-order chi connectivity index (χ1) is 33.0. The molecule has 69 heavy (non-hydrogen) atoms. The molecule has 0 bridgehead atoms. The number of aliphatic hydroxyl groups is 1. The molecule has 0 radical (unpaired) electrons. The van der Waals surface area contributed by atoms with Gasteiger partial charge in [0.15, 0.2) is 22.6 Å². The number of carbonyl (C=O) groups excluding carboxylic acids is 8. The van der Waals surface area contributed by atoms with E-state index in [-0.39, 0.29) is 119 Å². The molecule has 0 spiro atoms. The van der Waals surface area contributed by atoms with Crippen LogP contribution in [0.5, 0.6) is 0 Å². The van der Waals surface area contributed by atoms with Gasteiger partial charge in [0, 0.05) is 51.4 Å². The van der Waals surface area contributed by atoms with Crippen molar-refractivity contribution in [1.82, 2.24) is 26.2 Å². The predicted molar refractivity (Wildman–Crippen MR) is 252 cm³/mol. The molecule has 1 saturated heterocycles. The number of aliphatic imine (C=N–C) groups is 1. The highest BCUT2D eigenvalue weighted by molar-refractivity contribution is 8.14. The normalized spacial score (nSPS) is 18.3. The highest BCUT2D eigenvalue weighted by atomic mass is 32.2. The molecule has 24 nitrogen and oxygen atoms in total. The van der Waals surface area contributed by atoms with Crippen molar-refractivity contribution in [3.8, 4) is 0 Å². The largest absolute Gasteiger partial charge is 0.480 e. The Kier molecular flexibility index (Phi) is 30.2. The standard InChI is InChI=1S/C44H75N9O15S/c1-28(54)38(52-36(57)26-68-24-21-65-19-8-9-30(56)25-67-23-22-66-20-17-48-37(58)27-69-29(2)55)41(61)50-33(12-3-4-15-45)42(62)53-18-7-14-35(53)39(59)31-10-5-11-32(31)40(60)51-34(43(63)64)13-6-16-49-44(46)47/h28,31-35,38,54H,3-27,45H2,1-2H3,(H,48,58)(H,50,61)(H,51,60)(H,52,57)(H,63,64)(H4,46,47,49)/t28-,31?,32-,33+,34+,35+,38+/m1/s1. The monoisotopic (exact) mass is 1000 g/mol. The lowest BCUT2D eigenvalue weighted by atomic mass is 9.86. The fourth-order valence-electron chi connectivity index (χ4n) is 7.77. The van der Waals surface area contributed by atoms with E-state index in [0.717, 1.165) is 11.8 Å². The molecule has 1 aliphatic carbocycles. The minimum absolute atomic E-state index is 0.0153. The summed E-state index contributed by atoms with van der Waals surface area (Å²) in [6.45, 7) is 4.21. The van der Waals surface area contributed by atoms with Crippen LogP contribution >= 0.6 is 11.8 Å². The maximum Gasteiger partial charge on any atom is 0.326 e. The zero-order valence-corrected chi connectivity index (χ0v) is 40.8. The van der Waals surface area contributed by atoms with Gasteiger partial charge in [0.2, 0.25) is 29.5 Å². The molecule has 2 fully saturated rings. The van der Waals surface area contributed by atoms with Gasteiger partial charge in [-0.05, 0) is 77.7 Å². The van der Waals surface area contributed by atoms with Crippen LogP contribution in [-0.4, -0.2) is 188 Å². The van der Waals surface area contributed by atoms with E-state index >= 15 is 0 Å². The maximum atomic E-state index is 14.2. The van der Waals surface area contributed by atoms with Crippen LogP contribution in [0.2, 0.25) is 0 Å². The molecule has 2 aliphatic rings. The molecule has 5 amide bonds. The molecule has 1 saturated carbocycles. The fraction of sp³-hybridized carbons (Fsp3) is 0.773. The molecular formula is C44H75N9O15S. The minimum atomic E-state index is -1.46. The van der Waals surface area contributed by atoms with Crippen molar-refractivity contribution in [2.75, 3.05) is 84.8 Å². The number of carboxylic acids is 1. The number of carboxylic acid groups (broad SMARTS) is 1. The molecule has 1 heterocycles. The Labute approximate surface area is 407 Å². The van der Waals surface area contributed by atoms with Gasteiger partial charge in [-0.3, -0.25) is 43.3 Å².